The lowest BCUT2D eigenvalue weighted by atomic mass is 10.0. The summed E-state index contributed by atoms with van der Waals surface area (Å²) in [6.07, 6.45) is 1.60. The first-order chi connectivity index (χ1) is 17.3. The second-order valence-corrected chi connectivity index (χ2v) is 10.9. The zero-order chi connectivity index (χ0) is 25.3. The third-order valence-electron chi connectivity index (χ3n) is 5.57. The summed E-state index contributed by atoms with van der Waals surface area (Å²) >= 11 is 6.68. The van der Waals surface area contributed by atoms with Gasteiger partial charge in [0, 0.05) is 5.02 Å². The van der Waals surface area contributed by atoms with E-state index in [9.17, 15) is 18.0 Å². The highest BCUT2D eigenvalue weighted by molar-refractivity contribution is 8.18. The van der Waals surface area contributed by atoms with Crippen molar-refractivity contribution in [2.75, 3.05) is 0 Å². The Morgan fingerprint density at radius 2 is 1.56 bits per heavy atom. The maximum Gasteiger partial charge on any atom is 0.339 e. The van der Waals surface area contributed by atoms with E-state index in [1.807, 2.05) is 42.5 Å². The van der Waals surface area contributed by atoms with Gasteiger partial charge in [-0.3, -0.25) is 14.5 Å². The third-order valence-corrected chi connectivity index (χ3v) is 7.99. The van der Waals surface area contributed by atoms with Gasteiger partial charge >= 0.3 is 10.1 Å². The zero-order valence-electron chi connectivity index (χ0n) is 18.6. The molecule has 0 saturated carbocycles. The molecule has 0 spiro atoms. The van der Waals surface area contributed by atoms with Crippen LogP contribution in [0.25, 0.3) is 16.8 Å². The van der Waals surface area contributed by atoms with Gasteiger partial charge in [0.25, 0.3) is 11.1 Å². The van der Waals surface area contributed by atoms with Gasteiger partial charge in [-0.1, -0.05) is 66.2 Å². The van der Waals surface area contributed by atoms with Crippen LogP contribution in [0.15, 0.2) is 101 Å². The summed E-state index contributed by atoms with van der Waals surface area (Å²) in [5.74, 6) is -0.255. The van der Waals surface area contributed by atoms with Gasteiger partial charge in [-0.2, -0.15) is 8.42 Å². The summed E-state index contributed by atoms with van der Waals surface area (Å²) < 4.78 is 30.1. The number of imide groups is 1. The first-order valence-electron chi connectivity index (χ1n) is 10.8. The predicted molar refractivity (Wildman–Crippen MR) is 141 cm³/mol. The largest absolute Gasteiger partial charge is 0.379 e. The number of hydrogen-bond acceptors (Lipinski definition) is 6. The van der Waals surface area contributed by atoms with Crippen molar-refractivity contribution >= 4 is 61.5 Å². The zero-order valence-corrected chi connectivity index (χ0v) is 21.0. The van der Waals surface area contributed by atoms with Crippen molar-refractivity contribution in [2.24, 2.45) is 0 Å². The second kappa shape index (κ2) is 9.81. The van der Waals surface area contributed by atoms with Crippen molar-refractivity contribution in [2.45, 2.75) is 11.4 Å². The summed E-state index contributed by atoms with van der Waals surface area (Å²) in [4.78, 5) is 27.1. The maximum atomic E-state index is 13.0. The van der Waals surface area contributed by atoms with Crippen LogP contribution in [0.1, 0.15) is 11.1 Å². The number of fused-ring (bicyclic) bond motifs is 1. The Balaban J connectivity index is 1.31. The molecule has 6 nitrogen and oxygen atoms in total. The molecule has 0 radical (unpaired) electrons. The predicted octanol–water partition coefficient (Wildman–Crippen LogP) is 6.50. The average molecular weight is 536 g/mol. The molecule has 9 heteroatoms. The lowest BCUT2D eigenvalue weighted by Gasteiger charge is -2.14. The van der Waals surface area contributed by atoms with Gasteiger partial charge in [0.05, 0.1) is 11.4 Å². The SMILES string of the molecule is O=C1S/C(=C\c2ccc(OS(=O)(=O)c3ccc(Cl)cc3)cc2)C(=O)N1Cc1cccc2ccccc12. The van der Waals surface area contributed by atoms with E-state index >= 15 is 0 Å². The summed E-state index contributed by atoms with van der Waals surface area (Å²) in [6.45, 7) is 0.179. The van der Waals surface area contributed by atoms with E-state index in [1.165, 1.54) is 41.3 Å². The van der Waals surface area contributed by atoms with Crippen LogP contribution in [0.3, 0.4) is 0 Å². The van der Waals surface area contributed by atoms with Crippen molar-refractivity contribution in [3.63, 3.8) is 0 Å². The minimum atomic E-state index is -4.02. The van der Waals surface area contributed by atoms with Gasteiger partial charge in [-0.25, -0.2) is 0 Å². The Morgan fingerprint density at radius 1 is 0.861 bits per heavy atom. The molecule has 5 rings (SSSR count). The standard InChI is InChI=1S/C27H18ClNO5S2/c28-21-10-14-23(15-11-21)36(32,33)34-22-12-8-18(9-13-22)16-25-26(30)29(27(31)35-25)17-20-6-3-5-19-4-1-2-7-24(19)20/h1-16H,17H2/b25-16-. The molecule has 1 aliphatic heterocycles. The number of carbonyl (C=O) groups excluding carboxylic acids is 2. The van der Waals surface area contributed by atoms with Crippen LogP contribution in [0, 0.1) is 0 Å². The van der Waals surface area contributed by atoms with E-state index in [-0.39, 0.29) is 28.3 Å². The molecule has 0 N–H and O–H groups in total. The highest BCUT2D eigenvalue weighted by atomic mass is 35.5. The van der Waals surface area contributed by atoms with Crippen LogP contribution in [-0.4, -0.2) is 24.5 Å². The van der Waals surface area contributed by atoms with Gasteiger partial charge in [-0.15, -0.1) is 0 Å². The lowest BCUT2D eigenvalue weighted by molar-refractivity contribution is -0.123. The quantitative estimate of drug-likeness (QED) is 0.207. The van der Waals surface area contributed by atoms with Gasteiger partial charge in [0.1, 0.15) is 10.6 Å². The lowest BCUT2D eigenvalue weighted by Crippen LogP contribution is -2.27. The van der Waals surface area contributed by atoms with E-state index in [1.54, 1.807) is 18.2 Å². The molecule has 0 unspecified atom stereocenters. The fraction of sp³-hybridized carbons (Fsp3) is 0.0370. The molecule has 4 aromatic rings. The Bertz CT molecular complexity index is 1610. The smallest absolute Gasteiger partial charge is 0.339 e. The first-order valence-corrected chi connectivity index (χ1v) is 13.4. The highest BCUT2D eigenvalue weighted by Gasteiger charge is 2.35. The van der Waals surface area contributed by atoms with Gasteiger partial charge < -0.3 is 4.18 Å². The second-order valence-electron chi connectivity index (χ2n) is 7.97. The average Bonchev–Trinajstić information content (AvgIpc) is 3.13. The number of hydrogen-bond donors (Lipinski definition) is 0. The molecule has 180 valence electrons. The Morgan fingerprint density at radius 3 is 2.31 bits per heavy atom. The summed E-state index contributed by atoms with van der Waals surface area (Å²) in [6, 6.07) is 25.5. The third kappa shape index (κ3) is 5.02. The highest BCUT2D eigenvalue weighted by Crippen LogP contribution is 2.34. The van der Waals surface area contributed by atoms with E-state index in [2.05, 4.69) is 0 Å². The Labute approximate surface area is 217 Å². The fourth-order valence-corrected chi connectivity index (χ4v) is 5.68. The van der Waals surface area contributed by atoms with Crippen molar-refractivity contribution in [3.8, 4) is 5.75 Å². The summed E-state index contributed by atoms with van der Waals surface area (Å²) in [7, 11) is -4.02. The number of rotatable bonds is 6. The van der Waals surface area contributed by atoms with E-state index in [4.69, 9.17) is 15.8 Å². The van der Waals surface area contributed by atoms with Crippen LogP contribution in [0.5, 0.6) is 5.75 Å². The minimum Gasteiger partial charge on any atom is -0.379 e. The Kier molecular flexibility index (Phi) is 6.57. The molecule has 2 amide bonds. The number of nitrogens with zero attached hydrogens (tertiary/aromatic N) is 1. The van der Waals surface area contributed by atoms with Crippen molar-refractivity contribution in [1.29, 1.82) is 0 Å². The molecule has 0 atom stereocenters. The van der Waals surface area contributed by atoms with E-state index in [0.29, 0.717) is 15.5 Å². The number of carbonyl (C=O) groups is 2. The number of amides is 2. The molecular formula is C27H18ClNO5S2. The summed E-state index contributed by atoms with van der Waals surface area (Å²) in [5.41, 5.74) is 1.52. The van der Waals surface area contributed by atoms with Crippen LogP contribution in [-0.2, 0) is 21.5 Å². The minimum absolute atomic E-state index is 0.0177. The topological polar surface area (TPSA) is 80.8 Å². The first kappa shape index (κ1) is 24.1. The molecule has 1 aliphatic rings. The van der Waals surface area contributed by atoms with Gasteiger partial charge in [0.15, 0.2) is 0 Å². The van der Waals surface area contributed by atoms with E-state index < -0.39 is 10.1 Å². The maximum absolute atomic E-state index is 13.0. The molecule has 0 aliphatic carbocycles. The van der Waals surface area contributed by atoms with Crippen molar-refractivity contribution in [1.82, 2.24) is 4.90 Å². The summed E-state index contributed by atoms with van der Waals surface area (Å²) in [5, 5.41) is 2.11. The van der Waals surface area contributed by atoms with Gasteiger partial charge in [0.2, 0.25) is 0 Å². The van der Waals surface area contributed by atoms with Crippen molar-refractivity contribution < 1.29 is 22.2 Å². The van der Waals surface area contributed by atoms with Crippen LogP contribution < -0.4 is 4.18 Å². The van der Waals surface area contributed by atoms with Crippen LogP contribution in [0.2, 0.25) is 5.02 Å². The van der Waals surface area contributed by atoms with Crippen LogP contribution in [0.4, 0.5) is 4.79 Å². The molecule has 36 heavy (non-hydrogen) atoms. The number of halogens is 1. The number of benzene rings is 4. The molecule has 1 fully saturated rings. The molecule has 0 aromatic heterocycles. The fourth-order valence-electron chi connectivity index (χ4n) is 3.78. The molecular weight excluding hydrogens is 518 g/mol. The van der Waals surface area contributed by atoms with Gasteiger partial charge in [-0.05, 0) is 76.1 Å². The number of thioether (sulfide) groups is 1. The van der Waals surface area contributed by atoms with Crippen LogP contribution >= 0.6 is 23.4 Å². The van der Waals surface area contributed by atoms with E-state index in [0.717, 1.165) is 28.1 Å². The monoisotopic (exact) mass is 535 g/mol. The van der Waals surface area contributed by atoms with Crippen molar-refractivity contribution in [3.05, 3.63) is 112 Å². The molecule has 0 bridgehead atoms. The normalized spacial score (nSPS) is 15.1. The molecule has 1 heterocycles. The Hall–Kier alpha value is -3.59. The molecule has 1 saturated heterocycles. The molecule has 4 aromatic carbocycles.